The van der Waals surface area contributed by atoms with Crippen molar-refractivity contribution in [2.24, 2.45) is 5.92 Å². The summed E-state index contributed by atoms with van der Waals surface area (Å²) in [5.41, 5.74) is 2.70. The first-order chi connectivity index (χ1) is 10.1. The molecule has 5 nitrogen and oxygen atoms in total. The maximum Gasteiger partial charge on any atom is 0.334 e. The lowest BCUT2D eigenvalue weighted by molar-refractivity contribution is -0.148. The minimum Gasteiger partial charge on any atom is -0.479 e. The van der Waals surface area contributed by atoms with E-state index in [1.54, 1.807) is 0 Å². The van der Waals surface area contributed by atoms with Crippen LogP contribution in [-0.4, -0.2) is 36.7 Å². The second-order valence-corrected chi connectivity index (χ2v) is 5.45. The van der Waals surface area contributed by atoms with Crippen LogP contribution in [0.4, 0.5) is 0 Å². The predicted octanol–water partition coefficient (Wildman–Crippen LogP) is 1.40. The number of benzene rings is 1. The molecule has 0 aliphatic heterocycles. The van der Waals surface area contributed by atoms with Gasteiger partial charge in [-0.2, -0.15) is 0 Å². The molecule has 0 bridgehead atoms. The van der Waals surface area contributed by atoms with E-state index in [-0.39, 0.29) is 12.5 Å². The van der Waals surface area contributed by atoms with Gasteiger partial charge in [0.1, 0.15) is 0 Å². The summed E-state index contributed by atoms with van der Waals surface area (Å²) >= 11 is 0. The first-order valence-corrected chi connectivity index (χ1v) is 7.19. The number of carbonyl (C=O) groups excluding carboxylic acids is 1. The van der Waals surface area contributed by atoms with Crippen molar-refractivity contribution >= 4 is 11.9 Å². The highest BCUT2D eigenvalue weighted by Gasteiger charge is 2.22. The summed E-state index contributed by atoms with van der Waals surface area (Å²) in [6, 6.07) is 8.33. The Hall–Kier alpha value is -1.88. The molecule has 21 heavy (non-hydrogen) atoms. The van der Waals surface area contributed by atoms with E-state index in [9.17, 15) is 9.59 Å². The molecule has 2 rings (SSSR count). The summed E-state index contributed by atoms with van der Waals surface area (Å²) in [5, 5.41) is 11.5. The van der Waals surface area contributed by atoms with Gasteiger partial charge in [0.25, 0.3) is 0 Å². The smallest absolute Gasteiger partial charge is 0.334 e. The number of ether oxygens (including phenoxy) is 1. The molecule has 0 spiro atoms. The monoisotopic (exact) mass is 291 g/mol. The number of aryl methyl sites for hydroxylation is 1. The fourth-order valence-corrected chi connectivity index (χ4v) is 2.76. The Bertz CT molecular complexity index is 515. The van der Waals surface area contributed by atoms with Gasteiger partial charge in [-0.15, -0.1) is 0 Å². The van der Waals surface area contributed by atoms with Crippen LogP contribution in [0, 0.1) is 5.92 Å². The van der Waals surface area contributed by atoms with Crippen LogP contribution in [0.3, 0.4) is 0 Å². The molecule has 1 aliphatic rings. The fourth-order valence-electron chi connectivity index (χ4n) is 2.76. The highest BCUT2D eigenvalue weighted by Crippen LogP contribution is 2.27. The molecule has 0 saturated heterocycles. The van der Waals surface area contributed by atoms with Crippen LogP contribution in [0.15, 0.2) is 24.3 Å². The lowest BCUT2D eigenvalue weighted by atomic mass is 9.82. The molecule has 2 unspecified atom stereocenters. The maximum atomic E-state index is 11.9. The fraction of sp³-hybridized carbons (Fsp3) is 0.500. The zero-order valence-corrected chi connectivity index (χ0v) is 12.2. The number of rotatable bonds is 6. The van der Waals surface area contributed by atoms with Crippen molar-refractivity contribution < 1.29 is 19.4 Å². The molecule has 1 aliphatic carbocycles. The average Bonchev–Trinajstić information content (AvgIpc) is 2.47. The van der Waals surface area contributed by atoms with Crippen LogP contribution in [-0.2, 0) is 27.2 Å². The van der Waals surface area contributed by atoms with Gasteiger partial charge in [-0.1, -0.05) is 24.3 Å². The van der Waals surface area contributed by atoms with Crippen molar-refractivity contribution in [2.45, 2.75) is 31.8 Å². The topological polar surface area (TPSA) is 75.6 Å². The molecule has 0 fully saturated rings. The van der Waals surface area contributed by atoms with E-state index < -0.39 is 12.1 Å². The van der Waals surface area contributed by atoms with Crippen molar-refractivity contribution in [3.05, 3.63) is 35.4 Å². The second kappa shape index (κ2) is 7.22. The van der Waals surface area contributed by atoms with Gasteiger partial charge in [0, 0.05) is 13.5 Å². The van der Waals surface area contributed by atoms with E-state index in [4.69, 9.17) is 9.84 Å². The summed E-state index contributed by atoms with van der Waals surface area (Å²) in [6.45, 7) is 0.00791. The van der Waals surface area contributed by atoms with Crippen LogP contribution in [0.2, 0.25) is 0 Å². The zero-order valence-electron chi connectivity index (χ0n) is 12.2. The molecule has 1 aromatic rings. The molecule has 0 saturated carbocycles. The summed E-state index contributed by atoms with van der Waals surface area (Å²) in [5.74, 6) is -0.849. The molecule has 0 radical (unpaired) electrons. The number of methoxy groups -OCH3 is 1. The normalized spacial score (nSPS) is 18.6. The Morgan fingerprint density at radius 2 is 2.10 bits per heavy atom. The third-order valence-electron chi connectivity index (χ3n) is 3.97. The van der Waals surface area contributed by atoms with Gasteiger partial charge < -0.3 is 15.2 Å². The second-order valence-electron chi connectivity index (χ2n) is 5.45. The summed E-state index contributed by atoms with van der Waals surface area (Å²) < 4.78 is 4.78. The maximum absolute atomic E-state index is 11.9. The standard InChI is InChI=1S/C16H21NO4/c1-21-14(16(19)20)10-17-15(18)9-11-6-7-12-4-2-3-5-13(12)8-11/h2-5,11,14H,6-10H2,1H3,(H,17,18)(H,19,20). The van der Waals surface area contributed by atoms with E-state index in [0.29, 0.717) is 12.3 Å². The highest BCUT2D eigenvalue weighted by molar-refractivity contribution is 5.78. The highest BCUT2D eigenvalue weighted by atomic mass is 16.5. The SMILES string of the molecule is COC(CNC(=O)CC1CCc2ccccc2C1)C(=O)O. The largest absolute Gasteiger partial charge is 0.479 e. The molecule has 1 aromatic carbocycles. The van der Waals surface area contributed by atoms with Gasteiger partial charge in [-0.3, -0.25) is 4.79 Å². The number of carboxylic acid groups (broad SMARTS) is 1. The molecule has 0 heterocycles. The lowest BCUT2D eigenvalue weighted by Gasteiger charge is -2.24. The van der Waals surface area contributed by atoms with E-state index in [1.807, 2.05) is 12.1 Å². The Balaban J connectivity index is 1.80. The van der Waals surface area contributed by atoms with Crippen LogP contribution >= 0.6 is 0 Å². The van der Waals surface area contributed by atoms with Crippen LogP contribution in [0.1, 0.15) is 24.0 Å². The van der Waals surface area contributed by atoms with E-state index in [1.165, 1.54) is 18.2 Å². The van der Waals surface area contributed by atoms with Crippen molar-refractivity contribution in [3.63, 3.8) is 0 Å². The Labute approximate surface area is 124 Å². The van der Waals surface area contributed by atoms with Crippen molar-refractivity contribution in [2.75, 3.05) is 13.7 Å². The van der Waals surface area contributed by atoms with Crippen LogP contribution in [0.5, 0.6) is 0 Å². The van der Waals surface area contributed by atoms with Gasteiger partial charge in [0.2, 0.25) is 5.91 Å². The summed E-state index contributed by atoms with van der Waals surface area (Å²) in [4.78, 5) is 22.7. The number of fused-ring (bicyclic) bond motifs is 1. The number of nitrogens with one attached hydrogen (secondary N) is 1. The molecular weight excluding hydrogens is 270 g/mol. The minimum atomic E-state index is -1.07. The van der Waals surface area contributed by atoms with Gasteiger partial charge in [-0.25, -0.2) is 4.79 Å². The molecule has 114 valence electrons. The quantitative estimate of drug-likeness (QED) is 0.830. The van der Waals surface area contributed by atoms with Crippen LogP contribution in [0.25, 0.3) is 0 Å². The van der Waals surface area contributed by atoms with Gasteiger partial charge >= 0.3 is 5.97 Å². The molecular formula is C16H21NO4. The summed E-state index contributed by atoms with van der Waals surface area (Å²) in [7, 11) is 1.32. The van der Waals surface area contributed by atoms with Crippen LogP contribution < -0.4 is 5.32 Å². The van der Waals surface area contributed by atoms with Gasteiger partial charge in [0.05, 0.1) is 6.54 Å². The van der Waals surface area contributed by atoms with E-state index in [2.05, 4.69) is 17.4 Å². The predicted molar refractivity (Wildman–Crippen MR) is 78.0 cm³/mol. The van der Waals surface area contributed by atoms with E-state index in [0.717, 1.165) is 19.3 Å². The number of hydrogen-bond donors (Lipinski definition) is 2. The Morgan fingerprint density at radius 1 is 1.38 bits per heavy atom. The van der Waals surface area contributed by atoms with Gasteiger partial charge in [0.15, 0.2) is 6.10 Å². The van der Waals surface area contributed by atoms with E-state index >= 15 is 0 Å². The zero-order chi connectivity index (χ0) is 15.2. The number of amides is 1. The number of carbonyl (C=O) groups is 2. The molecule has 2 N–H and O–H groups in total. The van der Waals surface area contributed by atoms with Gasteiger partial charge in [-0.05, 0) is 36.3 Å². The third-order valence-corrected chi connectivity index (χ3v) is 3.97. The third kappa shape index (κ3) is 4.29. The lowest BCUT2D eigenvalue weighted by Crippen LogP contribution is -2.38. The molecule has 5 heteroatoms. The average molecular weight is 291 g/mol. The molecule has 2 atom stereocenters. The minimum absolute atomic E-state index is 0.00791. The van der Waals surface area contributed by atoms with Crippen molar-refractivity contribution in [1.29, 1.82) is 0 Å². The number of aliphatic carboxylic acids is 1. The first-order valence-electron chi connectivity index (χ1n) is 7.19. The first kappa shape index (κ1) is 15.5. The van der Waals surface area contributed by atoms with Crippen molar-refractivity contribution in [3.8, 4) is 0 Å². The number of hydrogen-bond acceptors (Lipinski definition) is 3. The number of carboxylic acids is 1. The summed E-state index contributed by atoms with van der Waals surface area (Å²) in [6.07, 6.45) is 2.36. The molecule has 0 aromatic heterocycles. The Morgan fingerprint density at radius 3 is 2.76 bits per heavy atom. The Kier molecular flexibility index (Phi) is 5.33. The van der Waals surface area contributed by atoms with Crippen molar-refractivity contribution in [1.82, 2.24) is 5.32 Å². The molecule has 1 amide bonds.